The molecule has 0 aliphatic carbocycles. The van der Waals surface area contributed by atoms with Crippen LogP contribution in [0.25, 0.3) is 22.2 Å². The minimum atomic E-state index is -1.11. The van der Waals surface area contributed by atoms with Crippen molar-refractivity contribution in [2.45, 2.75) is 104 Å². The van der Waals surface area contributed by atoms with E-state index in [1.54, 1.807) is 0 Å². The predicted octanol–water partition coefficient (Wildman–Crippen LogP) is 9.88. The lowest BCUT2D eigenvalue weighted by atomic mass is 10.0. The number of piperazine rings is 1. The highest BCUT2D eigenvalue weighted by atomic mass is 16.6. The first-order valence-electron chi connectivity index (χ1n) is 19.2. The van der Waals surface area contributed by atoms with Gasteiger partial charge >= 0.3 is 11.7 Å². The monoisotopic (exact) mass is 695 g/mol. The maximum atomic E-state index is 13.4. The summed E-state index contributed by atoms with van der Waals surface area (Å²) in [7, 11) is 0. The van der Waals surface area contributed by atoms with Crippen LogP contribution in [0, 0.1) is 0 Å². The maximum Gasteiger partial charge on any atom is 0.423 e. The van der Waals surface area contributed by atoms with Crippen molar-refractivity contribution in [3.63, 3.8) is 0 Å². The van der Waals surface area contributed by atoms with E-state index in [1.807, 2.05) is 31.2 Å². The van der Waals surface area contributed by atoms with Crippen LogP contribution >= 0.6 is 0 Å². The molecule has 5 rings (SSSR count). The van der Waals surface area contributed by atoms with Crippen LogP contribution in [-0.4, -0.2) is 48.2 Å². The number of aromatic nitrogens is 1. The molecule has 0 saturated carbocycles. The highest BCUT2D eigenvalue weighted by Gasteiger charge is 2.29. The minimum Gasteiger partial charge on any atom is -0.493 e. The van der Waals surface area contributed by atoms with Crippen molar-refractivity contribution < 1.29 is 18.7 Å². The van der Waals surface area contributed by atoms with E-state index in [2.05, 4.69) is 71.8 Å². The van der Waals surface area contributed by atoms with Gasteiger partial charge in [-0.25, -0.2) is 9.36 Å². The van der Waals surface area contributed by atoms with Crippen LogP contribution in [0.5, 0.6) is 0 Å². The number of para-hydroxylation sites is 1. The first-order valence-corrected chi connectivity index (χ1v) is 19.2. The van der Waals surface area contributed by atoms with Crippen LogP contribution in [-0.2, 0) is 20.8 Å². The summed E-state index contributed by atoms with van der Waals surface area (Å²) in [5, 5.41) is 0. The SMILES string of the molecule is C=C(OCC)C(OC(=O)CCCCCCCCCCCCC)n1c(=O)oc2c(N3CCN(Cc4cccc(-c5ccccc5)c4)CC3)cccc21. The Morgan fingerprint density at radius 3 is 2.12 bits per heavy atom. The van der Waals surface area contributed by atoms with Gasteiger partial charge in [0.2, 0.25) is 6.23 Å². The number of rotatable bonds is 21. The minimum absolute atomic E-state index is 0.199. The highest BCUT2D eigenvalue weighted by molar-refractivity contribution is 5.87. The number of carbonyl (C=O) groups excluding carboxylic acids is 1. The molecule has 0 amide bonds. The lowest BCUT2D eigenvalue weighted by Crippen LogP contribution is -2.46. The summed E-state index contributed by atoms with van der Waals surface area (Å²) in [5.74, 6) is -0.785. The second kappa shape index (κ2) is 19.9. The molecular formula is C43H57N3O5. The van der Waals surface area contributed by atoms with Gasteiger partial charge in [0.1, 0.15) is 0 Å². The zero-order valence-electron chi connectivity index (χ0n) is 30.8. The van der Waals surface area contributed by atoms with Gasteiger partial charge in [-0.15, -0.1) is 0 Å². The van der Waals surface area contributed by atoms with Crippen LogP contribution < -0.4 is 10.7 Å². The van der Waals surface area contributed by atoms with Crippen molar-refractivity contribution in [2.75, 3.05) is 37.7 Å². The first-order chi connectivity index (χ1) is 25.0. The van der Waals surface area contributed by atoms with E-state index in [0.717, 1.165) is 57.7 Å². The Morgan fingerprint density at radius 2 is 1.43 bits per heavy atom. The molecule has 4 aromatic rings. The number of benzene rings is 3. The van der Waals surface area contributed by atoms with Gasteiger partial charge in [0.25, 0.3) is 0 Å². The number of esters is 1. The van der Waals surface area contributed by atoms with Crippen LogP contribution in [0.3, 0.4) is 0 Å². The number of carbonyl (C=O) groups is 1. The van der Waals surface area contributed by atoms with Gasteiger partial charge in [0.15, 0.2) is 11.3 Å². The molecule has 2 heterocycles. The van der Waals surface area contributed by atoms with E-state index in [0.29, 0.717) is 17.7 Å². The highest BCUT2D eigenvalue weighted by Crippen LogP contribution is 2.31. The average Bonchev–Trinajstić information content (AvgIpc) is 3.49. The zero-order chi connectivity index (χ0) is 35.8. The summed E-state index contributed by atoms with van der Waals surface area (Å²) in [5.41, 5.74) is 5.60. The van der Waals surface area contributed by atoms with E-state index >= 15 is 0 Å². The van der Waals surface area contributed by atoms with Gasteiger partial charge in [-0.2, -0.15) is 0 Å². The summed E-state index contributed by atoms with van der Waals surface area (Å²) < 4.78 is 18.9. The van der Waals surface area contributed by atoms with Crippen molar-refractivity contribution in [3.8, 4) is 11.1 Å². The van der Waals surface area contributed by atoms with Gasteiger partial charge in [0.05, 0.1) is 17.8 Å². The fourth-order valence-corrected chi connectivity index (χ4v) is 7.03. The predicted molar refractivity (Wildman–Crippen MR) is 207 cm³/mol. The van der Waals surface area contributed by atoms with Crippen LogP contribution in [0.1, 0.15) is 103 Å². The third kappa shape index (κ3) is 10.8. The Hall–Kier alpha value is -4.30. The molecule has 0 N–H and O–H groups in total. The third-order valence-corrected chi connectivity index (χ3v) is 9.84. The van der Waals surface area contributed by atoms with Gasteiger partial charge < -0.3 is 18.8 Å². The summed E-state index contributed by atoms with van der Waals surface area (Å²) in [6.45, 7) is 12.6. The van der Waals surface area contributed by atoms with E-state index < -0.39 is 12.0 Å². The molecule has 1 aromatic heterocycles. The number of nitrogens with zero attached hydrogens (tertiary/aromatic N) is 3. The quantitative estimate of drug-likeness (QED) is 0.0488. The molecule has 8 heteroatoms. The largest absolute Gasteiger partial charge is 0.493 e. The second-order valence-corrected chi connectivity index (χ2v) is 13.7. The lowest BCUT2D eigenvalue weighted by molar-refractivity contribution is -0.154. The lowest BCUT2D eigenvalue weighted by Gasteiger charge is -2.36. The molecule has 0 radical (unpaired) electrons. The van der Waals surface area contributed by atoms with Crippen molar-refractivity contribution in [1.29, 1.82) is 0 Å². The fraction of sp³-hybridized carbons (Fsp3) is 0.488. The molecule has 1 fully saturated rings. The zero-order valence-corrected chi connectivity index (χ0v) is 30.8. The normalized spacial score (nSPS) is 14.1. The van der Waals surface area contributed by atoms with Gasteiger partial charge in [-0.05, 0) is 48.2 Å². The topological polar surface area (TPSA) is 77.1 Å². The molecule has 1 aliphatic rings. The van der Waals surface area contributed by atoms with Gasteiger partial charge in [0, 0.05) is 39.1 Å². The van der Waals surface area contributed by atoms with Gasteiger partial charge in [-0.3, -0.25) is 9.69 Å². The number of hydrogen-bond donors (Lipinski definition) is 0. The van der Waals surface area contributed by atoms with Gasteiger partial charge in [-0.1, -0.05) is 132 Å². The number of unbranched alkanes of at least 4 members (excludes halogenated alkanes) is 10. The van der Waals surface area contributed by atoms with Crippen LogP contribution in [0.15, 0.2) is 94.3 Å². The van der Waals surface area contributed by atoms with Crippen molar-refractivity contribution in [3.05, 3.63) is 101 Å². The van der Waals surface area contributed by atoms with Crippen molar-refractivity contribution >= 4 is 22.8 Å². The van der Waals surface area contributed by atoms with E-state index in [1.165, 1.54) is 72.6 Å². The number of fused-ring (bicyclic) bond motifs is 1. The molecule has 0 bridgehead atoms. The van der Waals surface area contributed by atoms with E-state index in [4.69, 9.17) is 13.9 Å². The molecule has 3 aromatic carbocycles. The molecule has 1 atom stereocenters. The number of oxazole rings is 1. The first kappa shape index (κ1) is 37.9. The molecule has 274 valence electrons. The summed E-state index contributed by atoms with van der Waals surface area (Å²) in [6.07, 6.45) is 12.4. The van der Waals surface area contributed by atoms with Crippen LogP contribution in [0.2, 0.25) is 0 Å². The number of ether oxygens (including phenoxy) is 2. The van der Waals surface area contributed by atoms with Crippen molar-refractivity contribution in [1.82, 2.24) is 9.47 Å². The Bertz CT molecular complexity index is 1720. The Morgan fingerprint density at radius 1 is 0.784 bits per heavy atom. The Balaban J connectivity index is 1.17. The smallest absolute Gasteiger partial charge is 0.423 e. The molecule has 51 heavy (non-hydrogen) atoms. The molecule has 1 unspecified atom stereocenters. The maximum absolute atomic E-state index is 13.4. The fourth-order valence-electron chi connectivity index (χ4n) is 7.03. The van der Waals surface area contributed by atoms with E-state index in [9.17, 15) is 9.59 Å². The van der Waals surface area contributed by atoms with E-state index in [-0.39, 0.29) is 18.1 Å². The molecule has 8 nitrogen and oxygen atoms in total. The summed E-state index contributed by atoms with van der Waals surface area (Å²) in [4.78, 5) is 31.2. The Kier molecular flexibility index (Phi) is 14.8. The molecule has 1 saturated heterocycles. The standard InChI is InChI=1S/C43H57N3O5/c1-4-6-7-8-9-10-11-12-13-14-18-27-40(47)50-42(34(3)49-5-2)46-39-26-20-25-38(41(39)51-43(46)48)45-30-28-44(29-31-45)33-35-21-19-24-37(32-35)36-22-16-15-17-23-36/h15-17,19-26,32,42H,3-14,18,27-31,33H2,1-2H3. The molecular weight excluding hydrogens is 638 g/mol. The third-order valence-electron chi connectivity index (χ3n) is 9.84. The summed E-state index contributed by atoms with van der Waals surface area (Å²) in [6, 6.07) is 24.9. The summed E-state index contributed by atoms with van der Waals surface area (Å²) >= 11 is 0. The average molecular weight is 696 g/mol. The molecule has 0 spiro atoms. The van der Waals surface area contributed by atoms with Crippen molar-refractivity contribution in [2.24, 2.45) is 0 Å². The second-order valence-electron chi connectivity index (χ2n) is 13.7. The Labute approximate surface area is 304 Å². The molecule has 1 aliphatic heterocycles. The van der Waals surface area contributed by atoms with Crippen LogP contribution in [0.4, 0.5) is 5.69 Å². The number of hydrogen-bond acceptors (Lipinski definition) is 7. The number of anilines is 1.